The van der Waals surface area contributed by atoms with E-state index in [9.17, 15) is 18.8 Å². The minimum Gasteiger partial charge on any atom is -0.496 e. The predicted octanol–water partition coefficient (Wildman–Crippen LogP) is 3.48. The number of fused-ring (bicyclic) bond motifs is 7. The number of methoxy groups -OCH3 is 1. The summed E-state index contributed by atoms with van der Waals surface area (Å²) in [5, 5.41) is 14.9. The van der Waals surface area contributed by atoms with Gasteiger partial charge in [0.15, 0.2) is 6.61 Å². The lowest BCUT2D eigenvalue weighted by Crippen LogP contribution is -2.45. The van der Waals surface area contributed by atoms with Crippen LogP contribution in [0.5, 0.6) is 17.2 Å². The van der Waals surface area contributed by atoms with Crippen LogP contribution in [-0.2, 0) is 11.3 Å². The molecule has 6 bridgehead atoms. The second-order valence-corrected chi connectivity index (χ2v) is 10.8. The van der Waals surface area contributed by atoms with Crippen molar-refractivity contribution in [2.45, 2.75) is 18.7 Å². The van der Waals surface area contributed by atoms with Crippen molar-refractivity contribution in [2.75, 3.05) is 26.8 Å². The Labute approximate surface area is 263 Å². The molecule has 4 heterocycles. The van der Waals surface area contributed by atoms with Crippen molar-refractivity contribution in [1.29, 1.82) is 5.26 Å². The van der Waals surface area contributed by atoms with Crippen LogP contribution in [0.1, 0.15) is 31.8 Å². The number of nitriles is 1. The smallest absolute Gasteiger partial charge is 0.258 e. The van der Waals surface area contributed by atoms with E-state index in [-0.39, 0.29) is 48.8 Å². The van der Waals surface area contributed by atoms with E-state index in [0.717, 1.165) is 11.6 Å². The Morgan fingerprint density at radius 3 is 2.67 bits per heavy atom. The van der Waals surface area contributed by atoms with Gasteiger partial charge in [-0.1, -0.05) is 12.1 Å². The number of pyridine rings is 1. The van der Waals surface area contributed by atoms with Crippen LogP contribution in [0.25, 0.3) is 11.1 Å². The highest BCUT2D eigenvalue weighted by atomic mass is 19.1. The zero-order valence-corrected chi connectivity index (χ0v) is 24.7. The van der Waals surface area contributed by atoms with Crippen molar-refractivity contribution in [3.63, 3.8) is 0 Å². The number of rotatable bonds is 2. The predicted molar refractivity (Wildman–Crippen MR) is 163 cm³/mol. The van der Waals surface area contributed by atoms with E-state index in [4.69, 9.17) is 19.5 Å². The second-order valence-electron chi connectivity index (χ2n) is 10.8. The van der Waals surface area contributed by atoms with Crippen LogP contribution < -0.4 is 24.8 Å². The summed E-state index contributed by atoms with van der Waals surface area (Å²) in [6, 6.07) is 18.7. The highest BCUT2D eigenvalue weighted by molar-refractivity contribution is 5.96. The van der Waals surface area contributed by atoms with Gasteiger partial charge in [-0.05, 0) is 54.1 Å². The summed E-state index contributed by atoms with van der Waals surface area (Å²) < 4.78 is 32.4. The summed E-state index contributed by atoms with van der Waals surface area (Å²) in [7, 11) is 1.49. The SMILES string of the molecule is COc1cc2ccc1CNC(=O)COc1cccc(c1)-c1cncc(c1)C(=O)N[C@H]1CN(C(=O)c3ccc(C#N)cc3F)C[C@@H]1O2. The van der Waals surface area contributed by atoms with Gasteiger partial charge >= 0.3 is 0 Å². The summed E-state index contributed by atoms with van der Waals surface area (Å²) in [5.41, 5.74) is 2.23. The molecule has 46 heavy (non-hydrogen) atoms. The van der Waals surface area contributed by atoms with E-state index >= 15 is 0 Å². The van der Waals surface area contributed by atoms with Crippen LogP contribution in [0.2, 0.25) is 0 Å². The lowest BCUT2D eigenvalue weighted by atomic mass is 10.1. The Bertz CT molecular complexity index is 1880. The van der Waals surface area contributed by atoms with Crippen molar-refractivity contribution in [3.8, 4) is 34.4 Å². The largest absolute Gasteiger partial charge is 0.496 e. The number of hydrogen-bond donors (Lipinski definition) is 2. The zero-order chi connectivity index (χ0) is 32.2. The molecule has 12 heteroatoms. The maximum atomic E-state index is 14.8. The standard InChI is InChI=1S/C34H28FN5O6/c1-44-30-12-26-7-6-22(30)16-38-32(41)19-45-25-4-2-3-21(11-25)23-10-24(15-37-14-23)33(42)39-29-17-40(18-31(29)46-26)34(43)27-8-5-20(13-36)9-28(27)35/h2-12,14-15,29,31H,16-19H2,1H3,(H,38,41)(H,39,42)/t29-,31-/m0/s1. The lowest BCUT2D eigenvalue weighted by Gasteiger charge is -2.22. The van der Waals surface area contributed by atoms with Crippen molar-refractivity contribution >= 4 is 17.7 Å². The number of hydrogen-bond acceptors (Lipinski definition) is 8. The number of halogens is 1. The second kappa shape index (κ2) is 13.0. The maximum Gasteiger partial charge on any atom is 0.258 e. The summed E-state index contributed by atoms with van der Waals surface area (Å²) in [6.45, 7) is 0.0277. The molecule has 0 radical (unpaired) electrons. The molecule has 3 aliphatic heterocycles. The molecule has 0 aliphatic carbocycles. The van der Waals surface area contributed by atoms with E-state index in [0.29, 0.717) is 28.4 Å². The van der Waals surface area contributed by atoms with Crippen LogP contribution in [-0.4, -0.2) is 66.6 Å². The lowest BCUT2D eigenvalue weighted by molar-refractivity contribution is -0.123. The average molecular weight is 622 g/mol. The Balaban J connectivity index is 1.34. The Morgan fingerprint density at radius 1 is 1.02 bits per heavy atom. The first-order chi connectivity index (χ1) is 22.3. The minimum atomic E-state index is -0.817. The van der Waals surface area contributed by atoms with E-state index in [2.05, 4.69) is 15.6 Å². The third kappa shape index (κ3) is 6.44. The van der Waals surface area contributed by atoms with Gasteiger partial charge in [-0.25, -0.2) is 4.39 Å². The molecule has 0 unspecified atom stereocenters. The van der Waals surface area contributed by atoms with Crippen molar-refractivity contribution in [2.24, 2.45) is 0 Å². The molecule has 0 spiro atoms. The van der Waals surface area contributed by atoms with E-state index in [1.165, 1.54) is 30.3 Å². The van der Waals surface area contributed by atoms with Gasteiger partial charge in [-0.15, -0.1) is 0 Å². The van der Waals surface area contributed by atoms with Gasteiger partial charge < -0.3 is 29.7 Å². The maximum absolute atomic E-state index is 14.8. The van der Waals surface area contributed by atoms with Gasteiger partial charge in [0.05, 0.1) is 42.5 Å². The third-order valence-corrected chi connectivity index (χ3v) is 7.76. The molecule has 2 atom stereocenters. The number of amides is 3. The molecule has 3 aliphatic rings. The Kier molecular flexibility index (Phi) is 8.47. The van der Waals surface area contributed by atoms with Crippen LogP contribution in [0, 0.1) is 17.1 Å². The zero-order valence-electron chi connectivity index (χ0n) is 24.7. The molecule has 1 aromatic heterocycles. The van der Waals surface area contributed by atoms with Gasteiger partial charge in [0, 0.05) is 42.7 Å². The molecule has 1 saturated heterocycles. The number of ether oxygens (including phenoxy) is 3. The van der Waals surface area contributed by atoms with Gasteiger partial charge in [-0.3, -0.25) is 19.4 Å². The first-order valence-corrected chi connectivity index (χ1v) is 14.4. The van der Waals surface area contributed by atoms with Gasteiger partial charge in [0.25, 0.3) is 17.7 Å². The fraction of sp³-hybridized carbons (Fsp3) is 0.206. The molecule has 4 aromatic rings. The number of carbonyl (C=O) groups excluding carboxylic acids is 3. The summed E-state index contributed by atoms with van der Waals surface area (Å²) >= 11 is 0. The Morgan fingerprint density at radius 2 is 1.87 bits per heavy atom. The number of aromatic nitrogens is 1. The van der Waals surface area contributed by atoms with Gasteiger partial charge in [0.2, 0.25) is 0 Å². The normalized spacial score (nSPS) is 17.8. The highest BCUT2D eigenvalue weighted by Gasteiger charge is 2.39. The molecule has 2 N–H and O–H groups in total. The molecule has 3 aromatic carbocycles. The average Bonchev–Trinajstić information content (AvgIpc) is 3.47. The number of likely N-dealkylation sites (tertiary alicyclic amines) is 1. The number of benzene rings is 3. The van der Waals surface area contributed by atoms with Crippen LogP contribution >= 0.6 is 0 Å². The van der Waals surface area contributed by atoms with Gasteiger partial charge in [-0.2, -0.15) is 5.26 Å². The molecule has 11 nitrogen and oxygen atoms in total. The van der Waals surface area contributed by atoms with Gasteiger partial charge in [0.1, 0.15) is 29.2 Å². The molecule has 3 amide bonds. The molecule has 7 rings (SSSR count). The van der Waals surface area contributed by atoms with Crippen LogP contribution in [0.4, 0.5) is 4.39 Å². The summed E-state index contributed by atoms with van der Waals surface area (Å²) in [4.78, 5) is 45.2. The molecular formula is C34H28FN5O6. The van der Waals surface area contributed by atoms with Crippen LogP contribution in [0.15, 0.2) is 79.1 Å². The van der Waals surface area contributed by atoms with Crippen molar-refractivity contribution in [1.82, 2.24) is 20.5 Å². The van der Waals surface area contributed by atoms with Crippen molar-refractivity contribution < 1.29 is 33.0 Å². The Hall–Kier alpha value is -5.96. The molecule has 232 valence electrons. The summed E-state index contributed by atoms with van der Waals surface area (Å²) in [5.74, 6) is -0.883. The van der Waals surface area contributed by atoms with E-state index in [1.54, 1.807) is 48.7 Å². The monoisotopic (exact) mass is 621 g/mol. The first kappa shape index (κ1) is 30.1. The fourth-order valence-electron chi connectivity index (χ4n) is 5.38. The summed E-state index contributed by atoms with van der Waals surface area (Å²) in [6.07, 6.45) is 2.32. The fourth-order valence-corrected chi connectivity index (χ4v) is 5.38. The van der Waals surface area contributed by atoms with E-state index in [1.807, 2.05) is 12.1 Å². The quantitative estimate of drug-likeness (QED) is 0.347. The molecular weight excluding hydrogens is 593 g/mol. The topological polar surface area (TPSA) is 143 Å². The molecule has 0 saturated carbocycles. The highest BCUT2D eigenvalue weighted by Crippen LogP contribution is 2.29. The van der Waals surface area contributed by atoms with Crippen molar-refractivity contribution in [3.05, 3.63) is 107 Å². The number of carbonyl (C=O) groups is 3. The van der Waals surface area contributed by atoms with Crippen LogP contribution in [0.3, 0.4) is 0 Å². The number of nitrogens with one attached hydrogen (secondary N) is 2. The number of nitrogens with zero attached hydrogens (tertiary/aromatic N) is 3. The minimum absolute atomic E-state index is 0.0302. The molecule has 1 fully saturated rings. The van der Waals surface area contributed by atoms with E-state index < -0.39 is 29.8 Å². The first-order valence-electron chi connectivity index (χ1n) is 14.4. The third-order valence-electron chi connectivity index (χ3n) is 7.76.